The summed E-state index contributed by atoms with van der Waals surface area (Å²) in [5, 5.41) is 4.00. The van der Waals surface area contributed by atoms with E-state index >= 15 is 0 Å². The van der Waals surface area contributed by atoms with Crippen LogP contribution in [0.15, 0.2) is 4.52 Å². The Morgan fingerprint density at radius 3 is 2.72 bits per heavy atom. The van der Waals surface area contributed by atoms with Crippen molar-refractivity contribution >= 4 is 5.91 Å². The van der Waals surface area contributed by atoms with E-state index in [1.54, 1.807) is 6.92 Å². The molecule has 0 aromatic carbocycles. The van der Waals surface area contributed by atoms with E-state index in [9.17, 15) is 4.79 Å². The van der Waals surface area contributed by atoms with Crippen molar-refractivity contribution < 1.29 is 9.32 Å². The molecule has 98 valence electrons. The molecule has 0 radical (unpaired) electrons. The molecule has 0 unspecified atom stereocenters. The van der Waals surface area contributed by atoms with Crippen molar-refractivity contribution in [2.24, 2.45) is 5.92 Å². The summed E-state index contributed by atoms with van der Waals surface area (Å²) in [5.41, 5.74) is 0. The molecule has 1 saturated carbocycles. The monoisotopic (exact) mass is 249 g/mol. The third-order valence-corrected chi connectivity index (χ3v) is 4.08. The van der Waals surface area contributed by atoms with E-state index in [0.717, 1.165) is 38.6 Å². The quantitative estimate of drug-likeness (QED) is 0.806. The molecule has 18 heavy (non-hydrogen) atoms. The molecule has 1 saturated heterocycles. The largest absolute Gasteiger partial charge is 0.340 e. The minimum atomic E-state index is 0.0318. The van der Waals surface area contributed by atoms with Gasteiger partial charge in [-0.3, -0.25) is 4.79 Å². The summed E-state index contributed by atoms with van der Waals surface area (Å²) in [5.74, 6) is 1.80. The first kappa shape index (κ1) is 11.7. The van der Waals surface area contributed by atoms with Gasteiger partial charge in [0, 0.05) is 19.4 Å². The van der Waals surface area contributed by atoms with Gasteiger partial charge in [0.2, 0.25) is 11.8 Å². The van der Waals surface area contributed by atoms with Crippen LogP contribution in [0.3, 0.4) is 0 Å². The Labute approximate surface area is 107 Å². The Hall–Kier alpha value is -1.39. The maximum absolute atomic E-state index is 12.4. The molecule has 0 bridgehead atoms. The highest BCUT2D eigenvalue weighted by Crippen LogP contribution is 2.35. The maximum Gasteiger partial charge on any atom is 0.226 e. The first-order chi connectivity index (χ1) is 8.75. The highest BCUT2D eigenvalue weighted by molar-refractivity contribution is 5.80. The summed E-state index contributed by atoms with van der Waals surface area (Å²) in [6.07, 6.45) is 6.47. The van der Waals surface area contributed by atoms with Crippen LogP contribution in [0.1, 0.15) is 56.3 Å². The molecule has 0 N–H and O–H groups in total. The Morgan fingerprint density at radius 2 is 2.11 bits per heavy atom. The number of carbonyl (C=O) groups is 1. The molecule has 3 rings (SSSR count). The van der Waals surface area contributed by atoms with Gasteiger partial charge in [0.15, 0.2) is 5.82 Å². The van der Waals surface area contributed by atoms with E-state index < -0.39 is 0 Å². The molecule has 2 heterocycles. The predicted octanol–water partition coefficient (Wildman–Crippen LogP) is 2.23. The number of aryl methyl sites for hydroxylation is 1. The Morgan fingerprint density at radius 1 is 1.28 bits per heavy atom. The van der Waals surface area contributed by atoms with Crippen molar-refractivity contribution in [1.29, 1.82) is 0 Å². The van der Waals surface area contributed by atoms with Crippen molar-refractivity contribution in [3.63, 3.8) is 0 Å². The first-order valence-corrected chi connectivity index (χ1v) is 6.86. The Kier molecular flexibility index (Phi) is 3.06. The van der Waals surface area contributed by atoms with Gasteiger partial charge in [-0.25, -0.2) is 0 Å². The maximum atomic E-state index is 12.4. The van der Waals surface area contributed by atoms with Gasteiger partial charge in [-0.05, 0) is 32.1 Å². The number of amides is 1. The number of hydrogen-bond acceptors (Lipinski definition) is 4. The molecule has 5 heteroatoms. The fraction of sp³-hybridized carbons (Fsp3) is 0.769. The van der Waals surface area contributed by atoms with Gasteiger partial charge in [-0.1, -0.05) is 11.6 Å². The number of carbonyl (C=O) groups excluding carboxylic acids is 1. The summed E-state index contributed by atoms with van der Waals surface area (Å²) in [6.45, 7) is 2.63. The van der Waals surface area contributed by atoms with Crippen molar-refractivity contribution in [2.45, 2.75) is 51.5 Å². The number of piperidine rings is 1. The van der Waals surface area contributed by atoms with Crippen LogP contribution >= 0.6 is 0 Å². The fourth-order valence-electron chi connectivity index (χ4n) is 2.80. The fourth-order valence-corrected chi connectivity index (χ4v) is 2.80. The smallest absolute Gasteiger partial charge is 0.226 e. The number of hydrogen-bond donors (Lipinski definition) is 0. The van der Waals surface area contributed by atoms with Gasteiger partial charge in [0.25, 0.3) is 0 Å². The van der Waals surface area contributed by atoms with Crippen LogP contribution in [0, 0.1) is 12.8 Å². The molecule has 1 aromatic rings. The van der Waals surface area contributed by atoms with Gasteiger partial charge < -0.3 is 9.42 Å². The third-order valence-electron chi connectivity index (χ3n) is 4.08. The molecule has 1 aliphatic heterocycles. The van der Waals surface area contributed by atoms with Gasteiger partial charge in [0.1, 0.15) is 0 Å². The van der Waals surface area contributed by atoms with Crippen LogP contribution in [0.2, 0.25) is 0 Å². The summed E-state index contributed by atoms with van der Waals surface area (Å²) in [6, 6.07) is 0.0318. The van der Waals surface area contributed by atoms with Crippen LogP contribution in [-0.4, -0.2) is 27.5 Å². The molecule has 1 aromatic heterocycles. The lowest BCUT2D eigenvalue weighted by molar-refractivity contribution is -0.142. The van der Waals surface area contributed by atoms with Crippen molar-refractivity contribution in [2.75, 3.05) is 6.54 Å². The van der Waals surface area contributed by atoms with Crippen LogP contribution in [0.25, 0.3) is 0 Å². The zero-order valence-electron chi connectivity index (χ0n) is 10.8. The van der Waals surface area contributed by atoms with E-state index in [1.165, 1.54) is 6.42 Å². The lowest BCUT2D eigenvalue weighted by Crippen LogP contribution is -2.44. The van der Waals surface area contributed by atoms with Crippen molar-refractivity contribution in [1.82, 2.24) is 15.0 Å². The zero-order chi connectivity index (χ0) is 12.5. The van der Waals surface area contributed by atoms with Crippen molar-refractivity contribution in [3.05, 3.63) is 11.7 Å². The lowest BCUT2D eigenvalue weighted by Gasteiger charge is -2.38. The molecular weight excluding hydrogens is 230 g/mol. The van der Waals surface area contributed by atoms with Gasteiger partial charge in [0.05, 0.1) is 6.04 Å². The second kappa shape index (κ2) is 4.71. The van der Waals surface area contributed by atoms with E-state index in [1.807, 2.05) is 4.90 Å². The zero-order valence-corrected chi connectivity index (χ0v) is 10.8. The second-order valence-corrected chi connectivity index (χ2v) is 5.34. The average molecular weight is 249 g/mol. The van der Waals surface area contributed by atoms with E-state index in [0.29, 0.717) is 17.6 Å². The molecule has 1 amide bonds. The SMILES string of the molecule is Cc1nc([C@H]2CCCCN2C(=O)C2CCC2)no1. The predicted molar refractivity (Wildman–Crippen MR) is 64.7 cm³/mol. The number of nitrogens with zero attached hydrogens (tertiary/aromatic N) is 3. The average Bonchev–Trinajstić information content (AvgIpc) is 2.73. The summed E-state index contributed by atoms with van der Waals surface area (Å²) >= 11 is 0. The minimum Gasteiger partial charge on any atom is -0.340 e. The molecule has 1 aliphatic carbocycles. The normalized spacial score (nSPS) is 24.9. The highest BCUT2D eigenvalue weighted by Gasteiger charge is 2.36. The molecule has 0 spiro atoms. The van der Waals surface area contributed by atoms with Gasteiger partial charge in [-0.2, -0.15) is 4.98 Å². The molecule has 2 aliphatic rings. The van der Waals surface area contributed by atoms with Gasteiger partial charge in [-0.15, -0.1) is 0 Å². The summed E-state index contributed by atoms with van der Waals surface area (Å²) < 4.78 is 5.05. The number of likely N-dealkylation sites (tertiary alicyclic amines) is 1. The lowest BCUT2D eigenvalue weighted by atomic mass is 9.83. The van der Waals surface area contributed by atoms with E-state index in [2.05, 4.69) is 10.1 Å². The summed E-state index contributed by atoms with van der Waals surface area (Å²) in [4.78, 5) is 18.7. The summed E-state index contributed by atoms with van der Waals surface area (Å²) in [7, 11) is 0. The Balaban J connectivity index is 1.79. The van der Waals surface area contributed by atoms with E-state index in [4.69, 9.17) is 4.52 Å². The molecule has 2 fully saturated rings. The van der Waals surface area contributed by atoms with Crippen LogP contribution in [-0.2, 0) is 4.79 Å². The third kappa shape index (κ3) is 2.02. The minimum absolute atomic E-state index is 0.0318. The van der Waals surface area contributed by atoms with Crippen molar-refractivity contribution in [3.8, 4) is 0 Å². The molecule has 5 nitrogen and oxygen atoms in total. The topological polar surface area (TPSA) is 59.2 Å². The van der Waals surface area contributed by atoms with Crippen LogP contribution < -0.4 is 0 Å². The van der Waals surface area contributed by atoms with Crippen LogP contribution in [0.5, 0.6) is 0 Å². The first-order valence-electron chi connectivity index (χ1n) is 6.86. The standard InChI is InChI=1S/C13H19N3O2/c1-9-14-12(15-18-9)11-7-2-3-8-16(11)13(17)10-5-4-6-10/h10-11H,2-8H2,1H3/t11-/m1/s1. The molecule has 1 atom stereocenters. The Bertz CT molecular complexity index is 439. The van der Waals surface area contributed by atoms with Crippen LogP contribution in [0.4, 0.5) is 0 Å². The van der Waals surface area contributed by atoms with E-state index in [-0.39, 0.29) is 12.0 Å². The molecular formula is C13H19N3O2. The second-order valence-electron chi connectivity index (χ2n) is 5.34. The highest BCUT2D eigenvalue weighted by atomic mass is 16.5. The van der Waals surface area contributed by atoms with Gasteiger partial charge >= 0.3 is 0 Å². The number of rotatable bonds is 2. The number of aromatic nitrogens is 2.